The van der Waals surface area contributed by atoms with Crippen LogP contribution in [-0.4, -0.2) is 67.1 Å². The Labute approximate surface area is 151 Å². The molecule has 0 bridgehead atoms. The maximum absolute atomic E-state index is 12.5. The van der Waals surface area contributed by atoms with E-state index in [1.807, 2.05) is 35.2 Å². The number of hydrogen-bond donors (Lipinski definition) is 0. The van der Waals surface area contributed by atoms with Crippen LogP contribution in [-0.2, 0) is 6.54 Å². The molecule has 132 valence electrons. The molecule has 2 aromatic heterocycles. The lowest BCUT2D eigenvalue weighted by molar-refractivity contribution is 0.0624. The molecule has 8 heteroatoms. The lowest BCUT2D eigenvalue weighted by Gasteiger charge is -2.34. The Bertz CT molecular complexity index is 858. The highest BCUT2D eigenvalue weighted by atomic mass is 16.2. The summed E-state index contributed by atoms with van der Waals surface area (Å²) in [6.07, 6.45) is 3.29. The first-order valence-electron chi connectivity index (χ1n) is 8.55. The van der Waals surface area contributed by atoms with Crippen LogP contribution < -0.4 is 0 Å². The third-order valence-electron chi connectivity index (χ3n) is 4.47. The lowest BCUT2D eigenvalue weighted by Crippen LogP contribution is -2.48. The van der Waals surface area contributed by atoms with Gasteiger partial charge in [0.1, 0.15) is 0 Å². The Kier molecular flexibility index (Phi) is 4.65. The van der Waals surface area contributed by atoms with Crippen molar-refractivity contribution in [3.8, 4) is 5.69 Å². The molecule has 0 radical (unpaired) electrons. The molecule has 1 aliphatic rings. The van der Waals surface area contributed by atoms with Gasteiger partial charge in [-0.05, 0) is 34.7 Å². The minimum absolute atomic E-state index is 0.0341. The highest BCUT2D eigenvalue weighted by Crippen LogP contribution is 2.12. The van der Waals surface area contributed by atoms with Crippen LogP contribution in [0, 0.1) is 0 Å². The van der Waals surface area contributed by atoms with Crippen molar-refractivity contribution in [1.29, 1.82) is 0 Å². The number of piperazine rings is 1. The molecule has 1 fully saturated rings. The van der Waals surface area contributed by atoms with Gasteiger partial charge in [-0.1, -0.05) is 18.2 Å². The quantitative estimate of drug-likeness (QED) is 0.699. The SMILES string of the molecule is O=C(c1cccnc1)N1CCN(Cc2nnnn2-c2ccccc2)CC1. The second-order valence-electron chi connectivity index (χ2n) is 6.15. The van der Waals surface area contributed by atoms with Crippen molar-refractivity contribution >= 4 is 5.91 Å². The van der Waals surface area contributed by atoms with Crippen LogP contribution >= 0.6 is 0 Å². The number of amides is 1. The largest absolute Gasteiger partial charge is 0.336 e. The first-order valence-corrected chi connectivity index (χ1v) is 8.55. The fraction of sp³-hybridized carbons (Fsp3) is 0.278. The van der Waals surface area contributed by atoms with Gasteiger partial charge in [0.25, 0.3) is 5.91 Å². The number of pyridine rings is 1. The summed E-state index contributed by atoms with van der Waals surface area (Å²) in [4.78, 5) is 20.6. The molecule has 0 saturated carbocycles. The number of carbonyl (C=O) groups is 1. The molecule has 1 aliphatic heterocycles. The standard InChI is InChI=1S/C18H19N7O/c26-18(15-5-4-8-19-13-15)24-11-9-23(10-12-24)14-17-20-21-22-25(17)16-6-2-1-3-7-16/h1-8,13H,9-12,14H2. The van der Waals surface area contributed by atoms with Crippen LogP contribution in [0.4, 0.5) is 0 Å². The second-order valence-corrected chi connectivity index (χ2v) is 6.15. The van der Waals surface area contributed by atoms with E-state index in [0.717, 1.165) is 24.6 Å². The van der Waals surface area contributed by atoms with Crippen molar-refractivity contribution in [1.82, 2.24) is 35.0 Å². The van der Waals surface area contributed by atoms with Crippen molar-refractivity contribution < 1.29 is 4.79 Å². The summed E-state index contributed by atoms with van der Waals surface area (Å²) in [5, 5.41) is 12.1. The summed E-state index contributed by atoms with van der Waals surface area (Å²) in [6.45, 7) is 3.58. The molecule has 1 amide bonds. The normalized spacial score (nSPS) is 15.2. The van der Waals surface area contributed by atoms with Crippen LogP contribution in [0.15, 0.2) is 54.9 Å². The molecule has 0 atom stereocenters. The first kappa shape index (κ1) is 16.3. The van der Waals surface area contributed by atoms with Crippen LogP contribution in [0.25, 0.3) is 5.69 Å². The molecule has 1 saturated heterocycles. The molecule has 0 spiro atoms. The average Bonchev–Trinajstić information content (AvgIpc) is 3.17. The average molecular weight is 349 g/mol. The molecule has 8 nitrogen and oxygen atoms in total. The van der Waals surface area contributed by atoms with Crippen molar-refractivity contribution in [2.75, 3.05) is 26.2 Å². The van der Waals surface area contributed by atoms with E-state index in [1.54, 1.807) is 29.2 Å². The summed E-state index contributed by atoms with van der Waals surface area (Å²) in [5.74, 6) is 0.829. The molecule has 0 unspecified atom stereocenters. The van der Waals surface area contributed by atoms with E-state index in [1.165, 1.54) is 0 Å². The van der Waals surface area contributed by atoms with Gasteiger partial charge in [0.15, 0.2) is 5.82 Å². The molecule has 1 aromatic carbocycles. The molecule has 0 N–H and O–H groups in total. The van der Waals surface area contributed by atoms with E-state index in [2.05, 4.69) is 25.4 Å². The summed E-state index contributed by atoms with van der Waals surface area (Å²) >= 11 is 0. The van der Waals surface area contributed by atoms with E-state index >= 15 is 0 Å². The van der Waals surface area contributed by atoms with Gasteiger partial charge in [0, 0.05) is 38.6 Å². The minimum atomic E-state index is 0.0341. The van der Waals surface area contributed by atoms with Crippen LogP contribution in [0.5, 0.6) is 0 Å². The summed E-state index contributed by atoms with van der Waals surface area (Å²) in [5.41, 5.74) is 1.58. The first-order chi connectivity index (χ1) is 12.8. The monoisotopic (exact) mass is 349 g/mol. The predicted octanol–water partition coefficient (Wildman–Crippen LogP) is 1.02. The molecule has 4 rings (SSSR count). The van der Waals surface area contributed by atoms with Crippen molar-refractivity contribution in [3.63, 3.8) is 0 Å². The zero-order valence-electron chi connectivity index (χ0n) is 14.3. The fourth-order valence-electron chi connectivity index (χ4n) is 3.05. The van der Waals surface area contributed by atoms with E-state index in [-0.39, 0.29) is 5.91 Å². The number of nitrogens with zero attached hydrogens (tertiary/aromatic N) is 7. The van der Waals surface area contributed by atoms with Gasteiger partial charge < -0.3 is 4.90 Å². The minimum Gasteiger partial charge on any atom is -0.336 e. The Hall–Kier alpha value is -3.13. The Morgan fingerprint density at radius 3 is 2.54 bits per heavy atom. The number of tetrazole rings is 1. The van der Waals surface area contributed by atoms with E-state index < -0.39 is 0 Å². The molecule has 3 aromatic rings. The van der Waals surface area contributed by atoms with Crippen molar-refractivity contribution in [2.45, 2.75) is 6.54 Å². The Morgan fingerprint density at radius 2 is 1.81 bits per heavy atom. The number of aromatic nitrogens is 5. The molecule has 3 heterocycles. The number of carbonyl (C=O) groups excluding carboxylic acids is 1. The van der Waals surface area contributed by atoms with E-state index in [4.69, 9.17) is 0 Å². The topological polar surface area (TPSA) is 80.0 Å². The van der Waals surface area contributed by atoms with Crippen molar-refractivity contribution in [3.05, 3.63) is 66.2 Å². The maximum atomic E-state index is 12.5. The van der Waals surface area contributed by atoms with E-state index in [9.17, 15) is 4.79 Å². The summed E-state index contributed by atoms with van der Waals surface area (Å²) in [6, 6.07) is 13.4. The zero-order valence-corrected chi connectivity index (χ0v) is 14.3. The van der Waals surface area contributed by atoms with Gasteiger partial charge in [0.05, 0.1) is 17.8 Å². The fourth-order valence-corrected chi connectivity index (χ4v) is 3.05. The Morgan fingerprint density at radius 1 is 1.00 bits per heavy atom. The summed E-state index contributed by atoms with van der Waals surface area (Å²) in [7, 11) is 0. The van der Waals surface area contributed by atoms with Crippen LogP contribution in [0.2, 0.25) is 0 Å². The third-order valence-corrected chi connectivity index (χ3v) is 4.47. The smallest absolute Gasteiger partial charge is 0.255 e. The van der Waals surface area contributed by atoms with Gasteiger partial charge in [-0.25, -0.2) is 0 Å². The number of benzene rings is 1. The summed E-state index contributed by atoms with van der Waals surface area (Å²) < 4.78 is 1.76. The lowest BCUT2D eigenvalue weighted by atomic mass is 10.2. The van der Waals surface area contributed by atoms with Gasteiger partial charge in [0.2, 0.25) is 0 Å². The van der Waals surface area contributed by atoms with Gasteiger partial charge in [-0.2, -0.15) is 4.68 Å². The maximum Gasteiger partial charge on any atom is 0.255 e. The van der Waals surface area contributed by atoms with Crippen molar-refractivity contribution in [2.24, 2.45) is 0 Å². The van der Waals surface area contributed by atoms with Gasteiger partial charge in [-0.3, -0.25) is 14.7 Å². The van der Waals surface area contributed by atoms with Gasteiger partial charge >= 0.3 is 0 Å². The number of hydrogen-bond acceptors (Lipinski definition) is 6. The van der Waals surface area contributed by atoms with Crippen LogP contribution in [0.3, 0.4) is 0 Å². The number of para-hydroxylation sites is 1. The van der Waals surface area contributed by atoms with Gasteiger partial charge in [-0.15, -0.1) is 5.10 Å². The predicted molar refractivity (Wildman–Crippen MR) is 94.6 cm³/mol. The second kappa shape index (κ2) is 7.40. The molecule has 0 aliphatic carbocycles. The molecule has 26 heavy (non-hydrogen) atoms. The third kappa shape index (κ3) is 3.45. The Balaban J connectivity index is 1.38. The molecular formula is C18H19N7O. The zero-order chi connectivity index (χ0) is 17.8. The number of rotatable bonds is 4. The van der Waals surface area contributed by atoms with Crippen LogP contribution in [0.1, 0.15) is 16.2 Å². The highest BCUT2D eigenvalue weighted by Gasteiger charge is 2.23. The highest BCUT2D eigenvalue weighted by molar-refractivity contribution is 5.93. The molecular weight excluding hydrogens is 330 g/mol. The van der Waals surface area contributed by atoms with E-state index in [0.29, 0.717) is 25.2 Å².